The molecule has 1 saturated carbocycles. The first-order valence-corrected chi connectivity index (χ1v) is 5.88. The highest BCUT2D eigenvalue weighted by Gasteiger charge is 2.19. The number of carbonyl (C=O) groups excluding carboxylic acids is 1. The number of nitrogens with two attached hydrogens (primary N) is 1. The van der Waals surface area contributed by atoms with Crippen LogP contribution in [0.1, 0.15) is 39.0 Å². The van der Waals surface area contributed by atoms with Crippen LogP contribution < -0.4 is 11.1 Å². The van der Waals surface area contributed by atoms with Crippen molar-refractivity contribution in [3.63, 3.8) is 0 Å². The molecule has 4 heteroatoms. The standard InChI is InChI=1S/C11H22N2O2/c1-2-7-13-10(11(12)14)6-8-15-9-4-3-5-9/h9-10,13H,2-8H2,1H3,(H2,12,14). The SMILES string of the molecule is CCCNC(CCOC1CCC1)C(N)=O. The molecule has 0 aromatic carbocycles. The van der Waals surface area contributed by atoms with Crippen molar-refractivity contribution in [3.05, 3.63) is 0 Å². The van der Waals surface area contributed by atoms with E-state index in [1.807, 2.05) is 0 Å². The third-order valence-corrected chi connectivity index (χ3v) is 2.80. The lowest BCUT2D eigenvalue weighted by molar-refractivity contribution is -0.120. The van der Waals surface area contributed by atoms with Crippen LogP contribution in [-0.4, -0.2) is 31.2 Å². The Hall–Kier alpha value is -0.610. The first-order valence-electron chi connectivity index (χ1n) is 5.88. The van der Waals surface area contributed by atoms with Gasteiger partial charge in [-0.3, -0.25) is 4.79 Å². The Kier molecular flexibility index (Phi) is 5.65. The van der Waals surface area contributed by atoms with Gasteiger partial charge >= 0.3 is 0 Å². The summed E-state index contributed by atoms with van der Waals surface area (Å²) < 4.78 is 5.59. The van der Waals surface area contributed by atoms with Gasteiger partial charge in [-0.1, -0.05) is 6.92 Å². The highest BCUT2D eigenvalue weighted by atomic mass is 16.5. The summed E-state index contributed by atoms with van der Waals surface area (Å²) in [6.07, 6.45) is 5.74. The molecule has 3 N–H and O–H groups in total. The highest BCUT2D eigenvalue weighted by Crippen LogP contribution is 2.21. The molecule has 0 aliphatic heterocycles. The van der Waals surface area contributed by atoms with E-state index in [0.717, 1.165) is 13.0 Å². The van der Waals surface area contributed by atoms with Crippen LogP contribution in [0.5, 0.6) is 0 Å². The van der Waals surface area contributed by atoms with Crippen molar-refractivity contribution in [2.75, 3.05) is 13.2 Å². The van der Waals surface area contributed by atoms with Crippen LogP contribution in [0.4, 0.5) is 0 Å². The lowest BCUT2D eigenvalue weighted by Crippen LogP contribution is -2.42. The van der Waals surface area contributed by atoms with Gasteiger partial charge in [0.25, 0.3) is 0 Å². The molecule has 0 aromatic rings. The molecule has 1 aliphatic rings. The fourth-order valence-electron chi connectivity index (χ4n) is 1.55. The smallest absolute Gasteiger partial charge is 0.234 e. The molecule has 1 amide bonds. The van der Waals surface area contributed by atoms with Crippen molar-refractivity contribution in [2.45, 2.75) is 51.2 Å². The van der Waals surface area contributed by atoms with Crippen molar-refractivity contribution < 1.29 is 9.53 Å². The van der Waals surface area contributed by atoms with E-state index in [0.29, 0.717) is 19.1 Å². The minimum Gasteiger partial charge on any atom is -0.378 e. The molecule has 1 fully saturated rings. The predicted molar refractivity (Wildman–Crippen MR) is 59.5 cm³/mol. The van der Waals surface area contributed by atoms with Crippen molar-refractivity contribution in [1.29, 1.82) is 0 Å². The van der Waals surface area contributed by atoms with E-state index in [-0.39, 0.29) is 11.9 Å². The molecular formula is C11H22N2O2. The Morgan fingerprint density at radius 2 is 2.33 bits per heavy atom. The zero-order chi connectivity index (χ0) is 11.1. The van der Waals surface area contributed by atoms with Crippen LogP contribution >= 0.6 is 0 Å². The van der Waals surface area contributed by atoms with Crippen molar-refractivity contribution >= 4 is 5.91 Å². The molecule has 0 saturated heterocycles. The number of nitrogens with one attached hydrogen (secondary N) is 1. The summed E-state index contributed by atoms with van der Waals surface area (Å²) in [5.74, 6) is -0.277. The quantitative estimate of drug-likeness (QED) is 0.628. The van der Waals surface area contributed by atoms with Crippen LogP contribution in [-0.2, 0) is 9.53 Å². The summed E-state index contributed by atoms with van der Waals surface area (Å²) >= 11 is 0. The number of primary amides is 1. The average Bonchev–Trinajstić information content (AvgIpc) is 2.13. The van der Waals surface area contributed by atoms with Gasteiger partial charge in [0.2, 0.25) is 5.91 Å². The lowest BCUT2D eigenvalue weighted by atomic mass is 9.96. The number of amides is 1. The zero-order valence-electron chi connectivity index (χ0n) is 9.50. The molecule has 4 nitrogen and oxygen atoms in total. The van der Waals surface area contributed by atoms with E-state index in [4.69, 9.17) is 10.5 Å². The third kappa shape index (κ3) is 4.62. The number of carbonyl (C=O) groups is 1. The number of ether oxygens (including phenoxy) is 1. The molecule has 1 atom stereocenters. The minimum absolute atomic E-state index is 0.231. The van der Waals surface area contributed by atoms with Gasteiger partial charge in [0.15, 0.2) is 0 Å². The maximum atomic E-state index is 11.1. The Bertz CT molecular complexity index is 193. The van der Waals surface area contributed by atoms with Gasteiger partial charge in [0.1, 0.15) is 0 Å². The van der Waals surface area contributed by atoms with E-state index in [1.54, 1.807) is 0 Å². The molecular weight excluding hydrogens is 192 g/mol. The minimum atomic E-state index is -0.277. The van der Waals surface area contributed by atoms with Crippen LogP contribution in [0, 0.1) is 0 Å². The molecule has 1 aliphatic carbocycles. The largest absolute Gasteiger partial charge is 0.378 e. The molecule has 0 bridgehead atoms. The summed E-state index contributed by atoms with van der Waals surface area (Å²) in [6.45, 7) is 3.53. The summed E-state index contributed by atoms with van der Waals surface area (Å²) in [7, 11) is 0. The zero-order valence-corrected chi connectivity index (χ0v) is 9.50. The molecule has 1 unspecified atom stereocenters. The molecule has 0 radical (unpaired) electrons. The summed E-state index contributed by atoms with van der Waals surface area (Å²) in [5, 5.41) is 3.12. The summed E-state index contributed by atoms with van der Waals surface area (Å²) in [6, 6.07) is -0.231. The predicted octanol–water partition coefficient (Wildman–Crippen LogP) is 0.799. The summed E-state index contributed by atoms with van der Waals surface area (Å²) in [4.78, 5) is 11.1. The van der Waals surface area contributed by atoms with Crippen LogP contribution in [0.15, 0.2) is 0 Å². The molecule has 1 rings (SSSR count). The Morgan fingerprint density at radius 3 is 2.80 bits per heavy atom. The maximum absolute atomic E-state index is 11.1. The first-order chi connectivity index (χ1) is 7.24. The second-order valence-electron chi connectivity index (χ2n) is 4.12. The van der Waals surface area contributed by atoms with Crippen LogP contribution in [0.25, 0.3) is 0 Å². The highest BCUT2D eigenvalue weighted by molar-refractivity contribution is 5.79. The monoisotopic (exact) mass is 214 g/mol. The van der Waals surface area contributed by atoms with Crippen LogP contribution in [0.3, 0.4) is 0 Å². The van der Waals surface area contributed by atoms with Gasteiger partial charge in [-0.15, -0.1) is 0 Å². The number of rotatable bonds is 8. The molecule has 88 valence electrons. The topological polar surface area (TPSA) is 64.3 Å². The van der Waals surface area contributed by atoms with E-state index in [2.05, 4.69) is 12.2 Å². The van der Waals surface area contributed by atoms with Crippen LogP contribution in [0.2, 0.25) is 0 Å². The van der Waals surface area contributed by atoms with Gasteiger partial charge in [0.05, 0.1) is 12.1 Å². The first kappa shape index (κ1) is 12.5. The van der Waals surface area contributed by atoms with Gasteiger partial charge in [-0.05, 0) is 38.6 Å². The fourth-order valence-corrected chi connectivity index (χ4v) is 1.55. The van der Waals surface area contributed by atoms with Gasteiger partial charge in [0, 0.05) is 6.61 Å². The van der Waals surface area contributed by atoms with Gasteiger partial charge < -0.3 is 15.8 Å². The second kappa shape index (κ2) is 6.80. The normalized spacial score (nSPS) is 18.5. The molecule has 0 heterocycles. The lowest BCUT2D eigenvalue weighted by Gasteiger charge is -2.26. The summed E-state index contributed by atoms with van der Waals surface area (Å²) in [5.41, 5.74) is 5.28. The van der Waals surface area contributed by atoms with Crippen molar-refractivity contribution in [1.82, 2.24) is 5.32 Å². The van der Waals surface area contributed by atoms with Gasteiger partial charge in [-0.2, -0.15) is 0 Å². The molecule has 15 heavy (non-hydrogen) atoms. The Labute approximate surface area is 91.5 Å². The van der Waals surface area contributed by atoms with E-state index in [1.165, 1.54) is 19.3 Å². The van der Waals surface area contributed by atoms with E-state index in [9.17, 15) is 4.79 Å². The van der Waals surface area contributed by atoms with Gasteiger partial charge in [-0.25, -0.2) is 0 Å². The Balaban J connectivity index is 2.09. The maximum Gasteiger partial charge on any atom is 0.234 e. The fraction of sp³-hybridized carbons (Fsp3) is 0.909. The van der Waals surface area contributed by atoms with E-state index < -0.39 is 0 Å². The average molecular weight is 214 g/mol. The third-order valence-electron chi connectivity index (χ3n) is 2.80. The second-order valence-corrected chi connectivity index (χ2v) is 4.12. The molecule has 0 spiro atoms. The van der Waals surface area contributed by atoms with Crippen molar-refractivity contribution in [3.8, 4) is 0 Å². The number of hydrogen-bond acceptors (Lipinski definition) is 3. The molecule has 0 aromatic heterocycles. The number of hydrogen-bond donors (Lipinski definition) is 2. The van der Waals surface area contributed by atoms with E-state index >= 15 is 0 Å². The van der Waals surface area contributed by atoms with Crippen molar-refractivity contribution in [2.24, 2.45) is 5.73 Å². The Morgan fingerprint density at radius 1 is 1.60 bits per heavy atom.